The standard InChI is InChI=1S/C10H9BrFNO/c11-8-4-3-7(5-9(8)12)13-10(14)6-1-2-6/h3-6H,1-2H2,(H,13,14). The highest BCUT2D eigenvalue weighted by Crippen LogP contribution is 2.30. The van der Waals surface area contributed by atoms with Gasteiger partial charge in [-0.25, -0.2) is 4.39 Å². The van der Waals surface area contributed by atoms with Gasteiger partial charge in [0.15, 0.2) is 0 Å². The largest absolute Gasteiger partial charge is 0.326 e. The zero-order valence-corrected chi connectivity index (χ0v) is 8.97. The fraction of sp³-hybridized carbons (Fsp3) is 0.300. The van der Waals surface area contributed by atoms with Crippen LogP contribution in [0.3, 0.4) is 0 Å². The molecular formula is C10H9BrFNO. The molecule has 0 saturated heterocycles. The molecule has 0 aromatic heterocycles. The van der Waals surface area contributed by atoms with E-state index in [1.165, 1.54) is 6.07 Å². The van der Waals surface area contributed by atoms with Crippen LogP contribution in [0.25, 0.3) is 0 Å². The average Bonchev–Trinajstić information content (AvgIpc) is 2.94. The molecule has 0 heterocycles. The van der Waals surface area contributed by atoms with Crippen LogP contribution in [0.5, 0.6) is 0 Å². The molecule has 1 aromatic carbocycles. The minimum atomic E-state index is -0.362. The van der Waals surface area contributed by atoms with Crippen molar-refractivity contribution in [3.8, 4) is 0 Å². The van der Waals surface area contributed by atoms with Gasteiger partial charge in [-0.2, -0.15) is 0 Å². The summed E-state index contributed by atoms with van der Waals surface area (Å²) in [4.78, 5) is 11.3. The van der Waals surface area contributed by atoms with Crippen molar-refractivity contribution in [3.05, 3.63) is 28.5 Å². The predicted molar refractivity (Wildman–Crippen MR) is 55.5 cm³/mol. The lowest BCUT2D eigenvalue weighted by Crippen LogP contribution is -2.13. The number of nitrogens with one attached hydrogen (secondary N) is 1. The van der Waals surface area contributed by atoms with Crippen LogP contribution < -0.4 is 5.32 Å². The molecule has 0 unspecified atom stereocenters. The molecule has 0 atom stereocenters. The van der Waals surface area contributed by atoms with Gasteiger partial charge in [0, 0.05) is 11.6 Å². The number of carbonyl (C=O) groups excluding carboxylic acids is 1. The number of anilines is 1. The van der Waals surface area contributed by atoms with Gasteiger partial charge in [-0.15, -0.1) is 0 Å². The first-order valence-electron chi connectivity index (χ1n) is 4.43. The van der Waals surface area contributed by atoms with E-state index in [1.54, 1.807) is 12.1 Å². The molecule has 0 radical (unpaired) electrons. The Morgan fingerprint density at radius 2 is 2.21 bits per heavy atom. The summed E-state index contributed by atoms with van der Waals surface area (Å²) < 4.78 is 13.5. The highest BCUT2D eigenvalue weighted by molar-refractivity contribution is 9.10. The highest BCUT2D eigenvalue weighted by Gasteiger charge is 2.29. The maximum absolute atomic E-state index is 13.0. The van der Waals surface area contributed by atoms with E-state index in [2.05, 4.69) is 21.2 Å². The van der Waals surface area contributed by atoms with Gasteiger partial charge in [0.1, 0.15) is 5.82 Å². The average molecular weight is 258 g/mol. The molecule has 0 bridgehead atoms. The second kappa shape index (κ2) is 3.69. The lowest BCUT2D eigenvalue weighted by molar-refractivity contribution is -0.117. The van der Waals surface area contributed by atoms with Crippen molar-refractivity contribution in [1.29, 1.82) is 0 Å². The van der Waals surface area contributed by atoms with Gasteiger partial charge in [-0.05, 0) is 47.0 Å². The third-order valence-electron chi connectivity index (χ3n) is 2.14. The first kappa shape index (κ1) is 9.65. The monoisotopic (exact) mass is 257 g/mol. The maximum atomic E-state index is 13.0. The van der Waals surface area contributed by atoms with E-state index in [-0.39, 0.29) is 17.6 Å². The smallest absolute Gasteiger partial charge is 0.227 e. The van der Waals surface area contributed by atoms with E-state index in [0.717, 1.165) is 12.8 Å². The summed E-state index contributed by atoms with van der Waals surface area (Å²) in [6, 6.07) is 4.57. The highest BCUT2D eigenvalue weighted by atomic mass is 79.9. The van der Waals surface area contributed by atoms with E-state index in [0.29, 0.717) is 10.2 Å². The van der Waals surface area contributed by atoms with Gasteiger partial charge in [-0.1, -0.05) is 0 Å². The second-order valence-corrected chi connectivity index (χ2v) is 4.25. The van der Waals surface area contributed by atoms with E-state index < -0.39 is 0 Å². The lowest BCUT2D eigenvalue weighted by Gasteiger charge is -2.04. The first-order valence-corrected chi connectivity index (χ1v) is 5.22. The summed E-state index contributed by atoms with van der Waals surface area (Å²) >= 11 is 3.05. The third kappa shape index (κ3) is 2.12. The van der Waals surface area contributed by atoms with Gasteiger partial charge < -0.3 is 5.32 Å². The molecule has 1 N–H and O–H groups in total. The molecule has 1 saturated carbocycles. The second-order valence-electron chi connectivity index (χ2n) is 3.39. The van der Waals surface area contributed by atoms with E-state index >= 15 is 0 Å². The summed E-state index contributed by atoms with van der Waals surface area (Å²) in [6.07, 6.45) is 1.90. The van der Waals surface area contributed by atoms with Crippen molar-refractivity contribution in [2.24, 2.45) is 5.92 Å². The molecule has 14 heavy (non-hydrogen) atoms. The number of benzene rings is 1. The zero-order valence-electron chi connectivity index (χ0n) is 7.39. The number of hydrogen-bond donors (Lipinski definition) is 1. The number of amides is 1. The van der Waals surface area contributed by atoms with E-state index in [9.17, 15) is 9.18 Å². The van der Waals surface area contributed by atoms with Gasteiger partial charge in [0.2, 0.25) is 5.91 Å². The molecule has 2 rings (SSSR count). The van der Waals surface area contributed by atoms with Crippen LogP contribution in [-0.2, 0) is 4.79 Å². The summed E-state index contributed by atoms with van der Waals surface area (Å²) in [7, 11) is 0. The van der Waals surface area contributed by atoms with Crippen LogP contribution in [0.4, 0.5) is 10.1 Å². The third-order valence-corrected chi connectivity index (χ3v) is 2.78. The summed E-state index contributed by atoms with van der Waals surface area (Å²) in [5, 5.41) is 2.67. The quantitative estimate of drug-likeness (QED) is 0.868. The maximum Gasteiger partial charge on any atom is 0.227 e. The van der Waals surface area contributed by atoms with Crippen molar-refractivity contribution in [2.45, 2.75) is 12.8 Å². The Morgan fingerprint density at radius 1 is 1.50 bits per heavy atom. The molecule has 0 spiro atoms. The van der Waals surface area contributed by atoms with E-state index in [4.69, 9.17) is 0 Å². The van der Waals surface area contributed by atoms with Crippen molar-refractivity contribution in [3.63, 3.8) is 0 Å². The van der Waals surface area contributed by atoms with Crippen molar-refractivity contribution < 1.29 is 9.18 Å². The van der Waals surface area contributed by atoms with Crippen LogP contribution in [-0.4, -0.2) is 5.91 Å². The topological polar surface area (TPSA) is 29.1 Å². The van der Waals surface area contributed by atoms with Crippen LogP contribution in [0, 0.1) is 11.7 Å². The van der Waals surface area contributed by atoms with Crippen LogP contribution >= 0.6 is 15.9 Å². The predicted octanol–water partition coefficient (Wildman–Crippen LogP) is 2.94. The van der Waals surface area contributed by atoms with Crippen LogP contribution in [0.1, 0.15) is 12.8 Å². The lowest BCUT2D eigenvalue weighted by atomic mass is 10.3. The Hall–Kier alpha value is -0.900. The number of rotatable bonds is 2. The minimum absolute atomic E-state index is 0.00766. The Morgan fingerprint density at radius 3 is 2.79 bits per heavy atom. The zero-order chi connectivity index (χ0) is 10.1. The van der Waals surface area contributed by atoms with Crippen LogP contribution in [0.2, 0.25) is 0 Å². The summed E-state index contributed by atoms with van der Waals surface area (Å²) in [5.74, 6) is -0.230. The fourth-order valence-electron chi connectivity index (χ4n) is 1.16. The minimum Gasteiger partial charge on any atom is -0.326 e. The Bertz CT molecular complexity index is 376. The van der Waals surface area contributed by atoms with Gasteiger partial charge in [0.05, 0.1) is 4.47 Å². The van der Waals surface area contributed by atoms with Crippen molar-refractivity contribution in [1.82, 2.24) is 0 Å². The van der Waals surface area contributed by atoms with Crippen LogP contribution in [0.15, 0.2) is 22.7 Å². The first-order chi connectivity index (χ1) is 6.66. The molecule has 0 aliphatic heterocycles. The molecule has 74 valence electrons. The molecule has 1 amide bonds. The Labute approximate surface area is 89.6 Å². The Kier molecular flexibility index (Phi) is 2.54. The molecule has 1 aromatic rings. The van der Waals surface area contributed by atoms with Gasteiger partial charge in [-0.3, -0.25) is 4.79 Å². The fourth-order valence-corrected chi connectivity index (χ4v) is 1.41. The van der Waals surface area contributed by atoms with E-state index in [1.807, 2.05) is 0 Å². The number of halogens is 2. The molecule has 1 aliphatic rings. The van der Waals surface area contributed by atoms with Gasteiger partial charge >= 0.3 is 0 Å². The number of carbonyl (C=O) groups is 1. The Balaban J connectivity index is 2.08. The molecule has 1 fully saturated rings. The molecule has 4 heteroatoms. The van der Waals surface area contributed by atoms with Gasteiger partial charge in [0.25, 0.3) is 0 Å². The normalized spacial score (nSPS) is 15.3. The molecule has 2 nitrogen and oxygen atoms in total. The van der Waals surface area contributed by atoms with Crippen molar-refractivity contribution >= 4 is 27.5 Å². The molecule has 1 aliphatic carbocycles. The van der Waals surface area contributed by atoms with Crippen molar-refractivity contribution in [2.75, 3.05) is 5.32 Å². The molecular weight excluding hydrogens is 249 g/mol. The summed E-state index contributed by atoms with van der Waals surface area (Å²) in [5.41, 5.74) is 0.516. The summed E-state index contributed by atoms with van der Waals surface area (Å²) in [6.45, 7) is 0. The number of hydrogen-bond acceptors (Lipinski definition) is 1. The SMILES string of the molecule is O=C(Nc1ccc(Br)c(F)c1)C1CC1.